The second-order valence-corrected chi connectivity index (χ2v) is 10.3. The van der Waals surface area contributed by atoms with E-state index in [1.165, 1.54) is 17.5 Å². The lowest BCUT2D eigenvalue weighted by atomic mass is 9.91. The Kier molecular flexibility index (Phi) is 9.91. The summed E-state index contributed by atoms with van der Waals surface area (Å²) in [7, 11) is 1.47. The fourth-order valence-electron chi connectivity index (χ4n) is 3.89. The summed E-state index contributed by atoms with van der Waals surface area (Å²) in [4.78, 5) is 38.6. The smallest absolute Gasteiger partial charge is 0.410 e. The molecule has 190 valence electrons. The number of carbonyl (C=O) groups is 3. The van der Waals surface area contributed by atoms with Crippen LogP contribution in [0.1, 0.15) is 70.9 Å². The van der Waals surface area contributed by atoms with Gasteiger partial charge in [-0.2, -0.15) is 0 Å². The minimum atomic E-state index is -1.36. The van der Waals surface area contributed by atoms with Crippen molar-refractivity contribution in [1.82, 2.24) is 4.90 Å². The maximum absolute atomic E-state index is 13.0. The zero-order valence-corrected chi connectivity index (χ0v) is 21.2. The maximum Gasteiger partial charge on any atom is 0.410 e. The highest BCUT2D eigenvalue weighted by molar-refractivity contribution is 5.84. The van der Waals surface area contributed by atoms with Crippen molar-refractivity contribution in [3.05, 3.63) is 35.4 Å². The number of ether oxygens (including phenoxy) is 3. The number of amides is 1. The second kappa shape index (κ2) is 12.2. The van der Waals surface area contributed by atoms with Crippen molar-refractivity contribution in [2.24, 2.45) is 5.92 Å². The first-order valence-electron chi connectivity index (χ1n) is 11.9. The molecule has 1 fully saturated rings. The molecule has 1 heterocycles. The molecule has 2 rings (SSSR count). The maximum atomic E-state index is 13.0. The van der Waals surface area contributed by atoms with Crippen molar-refractivity contribution in [2.45, 2.75) is 84.0 Å². The largest absolute Gasteiger partial charge is 0.478 e. The van der Waals surface area contributed by atoms with Crippen molar-refractivity contribution < 1.29 is 33.7 Å². The number of aliphatic carboxylic acids is 1. The molecule has 0 saturated carbocycles. The fraction of sp³-hybridized carbons (Fsp3) is 0.654. The first-order chi connectivity index (χ1) is 15.9. The molecule has 0 radical (unpaired) electrons. The van der Waals surface area contributed by atoms with Gasteiger partial charge in [0.15, 0.2) is 0 Å². The predicted octanol–water partition coefficient (Wildman–Crippen LogP) is 4.40. The number of likely N-dealkylation sites (N-methyl/N-ethyl adjacent to an activating group) is 1. The summed E-state index contributed by atoms with van der Waals surface area (Å²) in [6.45, 7) is 10.5. The van der Waals surface area contributed by atoms with Crippen LogP contribution in [0, 0.1) is 5.92 Å². The van der Waals surface area contributed by atoms with Gasteiger partial charge >= 0.3 is 18.0 Å². The molecule has 2 unspecified atom stereocenters. The first kappa shape index (κ1) is 27.6. The lowest BCUT2D eigenvalue weighted by Crippen LogP contribution is -2.47. The zero-order chi connectivity index (χ0) is 25.5. The van der Waals surface area contributed by atoms with Crippen LogP contribution in [0.4, 0.5) is 4.79 Å². The van der Waals surface area contributed by atoms with Gasteiger partial charge in [0, 0.05) is 26.7 Å². The van der Waals surface area contributed by atoms with Gasteiger partial charge in [-0.25, -0.2) is 14.4 Å². The fourth-order valence-corrected chi connectivity index (χ4v) is 3.89. The van der Waals surface area contributed by atoms with E-state index in [1.807, 2.05) is 38.1 Å². The summed E-state index contributed by atoms with van der Waals surface area (Å²) in [5, 5.41) is 9.71. The molecule has 0 aliphatic carbocycles. The second-order valence-electron chi connectivity index (χ2n) is 10.3. The third-order valence-corrected chi connectivity index (χ3v) is 5.74. The quantitative estimate of drug-likeness (QED) is 0.526. The van der Waals surface area contributed by atoms with E-state index in [0.29, 0.717) is 12.3 Å². The lowest BCUT2D eigenvalue weighted by Gasteiger charge is -2.31. The van der Waals surface area contributed by atoms with Gasteiger partial charge in [-0.1, -0.05) is 38.1 Å². The van der Waals surface area contributed by atoms with E-state index in [1.54, 1.807) is 20.8 Å². The highest BCUT2D eigenvalue weighted by Gasteiger charge is 2.34. The monoisotopic (exact) mass is 477 g/mol. The van der Waals surface area contributed by atoms with Crippen LogP contribution in [-0.2, 0) is 30.2 Å². The van der Waals surface area contributed by atoms with Gasteiger partial charge in [0.1, 0.15) is 11.6 Å². The Labute approximate surface area is 202 Å². The topological polar surface area (TPSA) is 102 Å². The third-order valence-electron chi connectivity index (χ3n) is 5.74. The van der Waals surface area contributed by atoms with Gasteiger partial charge in [-0.15, -0.1) is 0 Å². The van der Waals surface area contributed by atoms with Gasteiger partial charge < -0.3 is 19.3 Å². The highest BCUT2D eigenvalue weighted by Crippen LogP contribution is 2.27. The minimum Gasteiger partial charge on any atom is -0.478 e. The molecular weight excluding hydrogens is 438 g/mol. The Morgan fingerprint density at radius 1 is 1.12 bits per heavy atom. The molecule has 1 aromatic carbocycles. The number of rotatable bonds is 9. The van der Waals surface area contributed by atoms with Gasteiger partial charge in [-0.3, -0.25) is 4.90 Å². The van der Waals surface area contributed by atoms with E-state index in [0.717, 1.165) is 31.6 Å². The number of carboxylic acids is 1. The van der Waals surface area contributed by atoms with E-state index < -0.39 is 35.8 Å². The van der Waals surface area contributed by atoms with E-state index in [2.05, 4.69) is 0 Å². The number of esters is 1. The van der Waals surface area contributed by atoms with Crippen molar-refractivity contribution in [3.8, 4) is 0 Å². The molecule has 0 aromatic heterocycles. The summed E-state index contributed by atoms with van der Waals surface area (Å²) in [5.74, 6) is -1.47. The van der Waals surface area contributed by atoms with Crippen molar-refractivity contribution in [1.29, 1.82) is 0 Å². The normalized spacial score (nSPS) is 16.6. The van der Waals surface area contributed by atoms with Crippen molar-refractivity contribution in [3.63, 3.8) is 0 Å². The average Bonchev–Trinajstić information content (AvgIpc) is 2.76. The summed E-state index contributed by atoms with van der Waals surface area (Å²) in [6.07, 6.45) is 0.281. The zero-order valence-electron chi connectivity index (χ0n) is 21.2. The number of nitrogens with zero attached hydrogens (tertiary/aromatic N) is 1. The number of carboxylic acid groups (broad SMARTS) is 1. The highest BCUT2D eigenvalue weighted by atomic mass is 16.6. The van der Waals surface area contributed by atoms with Gasteiger partial charge in [-0.05, 0) is 63.0 Å². The Morgan fingerprint density at radius 2 is 1.71 bits per heavy atom. The SMILES string of the molecule is CC(C)CC(C(=O)OC(Cc1ccc(C2CCOCC2)cc1)C(=O)O)N(C)C(=O)OC(C)(C)C. The Balaban J connectivity index is 2.09. The third kappa shape index (κ3) is 8.63. The summed E-state index contributed by atoms with van der Waals surface area (Å²) in [6, 6.07) is 6.82. The van der Waals surface area contributed by atoms with E-state index >= 15 is 0 Å². The van der Waals surface area contributed by atoms with Crippen LogP contribution in [0.25, 0.3) is 0 Å². The average molecular weight is 478 g/mol. The van der Waals surface area contributed by atoms with Gasteiger partial charge in [0.25, 0.3) is 0 Å². The van der Waals surface area contributed by atoms with Crippen LogP contribution in [-0.4, -0.2) is 66.0 Å². The van der Waals surface area contributed by atoms with E-state index in [-0.39, 0.29) is 12.3 Å². The number of hydrogen-bond acceptors (Lipinski definition) is 6. The predicted molar refractivity (Wildman–Crippen MR) is 128 cm³/mol. The van der Waals surface area contributed by atoms with E-state index in [9.17, 15) is 19.5 Å². The molecule has 8 nitrogen and oxygen atoms in total. The molecule has 1 aliphatic heterocycles. The van der Waals surface area contributed by atoms with Crippen LogP contribution in [0.2, 0.25) is 0 Å². The molecule has 0 bridgehead atoms. The number of carbonyl (C=O) groups excluding carboxylic acids is 2. The van der Waals surface area contributed by atoms with Crippen molar-refractivity contribution >= 4 is 18.0 Å². The molecule has 1 aliphatic rings. The first-order valence-corrected chi connectivity index (χ1v) is 11.9. The molecule has 34 heavy (non-hydrogen) atoms. The number of benzene rings is 1. The van der Waals surface area contributed by atoms with Crippen LogP contribution in [0.3, 0.4) is 0 Å². The molecule has 1 aromatic rings. The van der Waals surface area contributed by atoms with Crippen LogP contribution in [0.15, 0.2) is 24.3 Å². The van der Waals surface area contributed by atoms with E-state index in [4.69, 9.17) is 14.2 Å². The Morgan fingerprint density at radius 3 is 2.21 bits per heavy atom. The lowest BCUT2D eigenvalue weighted by molar-refractivity contribution is -0.167. The van der Waals surface area contributed by atoms with Crippen LogP contribution >= 0.6 is 0 Å². The Bertz CT molecular complexity index is 823. The molecular formula is C26H39NO7. The molecule has 1 saturated heterocycles. The minimum absolute atomic E-state index is 0.0414. The summed E-state index contributed by atoms with van der Waals surface area (Å²) in [5.41, 5.74) is 1.24. The van der Waals surface area contributed by atoms with Gasteiger partial charge in [0.2, 0.25) is 6.10 Å². The molecule has 2 atom stereocenters. The van der Waals surface area contributed by atoms with Gasteiger partial charge in [0.05, 0.1) is 0 Å². The van der Waals surface area contributed by atoms with Crippen LogP contribution in [0.5, 0.6) is 0 Å². The molecule has 0 spiro atoms. The molecule has 1 N–H and O–H groups in total. The summed E-state index contributed by atoms with van der Waals surface area (Å²) >= 11 is 0. The Hall–Kier alpha value is -2.61. The van der Waals surface area contributed by atoms with Crippen molar-refractivity contribution in [2.75, 3.05) is 20.3 Å². The number of hydrogen-bond donors (Lipinski definition) is 1. The van der Waals surface area contributed by atoms with Crippen LogP contribution < -0.4 is 0 Å². The summed E-state index contributed by atoms with van der Waals surface area (Å²) < 4.78 is 16.2. The standard InChI is InChI=1S/C26H39NO7/c1-17(2)15-21(27(6)25(31)34-26(3,4)5)24(30)33-22(23(28)29)16-18-7-9-19(10-8-18)20-11-13-32-14-12-20/h7-10,17,20-22H,11-16H2,1-6H3,(H,28,29). The molecule has 1 amide bonds. The molecule has 8 heteroatoms.